The minimum Gasteiger partial charge on any atom is -0.322 e. The molecule has 0 bridgehead atoms. The molecule has 1 amide bonds. The van der Waals surface area contributed by atoms with Crippen LogP contribution in [0.25, 0.3) is 10.2 Å². The lowest BCUT2D eigenvalue weighted by Gasteiger charge is -2.13. The van der Waals surface area contributed by atoms with Crippen molar-refractivity contribution in [2.75, 3.05) is 10.0 Å². The average molecular weight is 530 g/mol. The molecule has 0 radical (unpaired) electrons. The molecular formula is C25H24ClN3O4S2. The van der Waals surface area contributed by atoms with E-state index >= 15 is 0 Å². The number of aromatic nitrogens is 1. The monoisotopic (exact) mass is 529 g/mol. The number of carbonyl (C=O) groups is 1. The number of nitrogens with zero attached hydrogens (tertiary/aromatic N) is 1. The summed E-state index contributed by atoms with van der Waals surface area (Å²) in [5, 5.41) is 2.77. The van der Waals surface area contributed by atoms with Crippen molar-refractivity contribution in [2.45, 2.75) is 38.6 Å². The predicted molar refractivity (Wildman–Crippen MR) is 143 cm³/mol. The molecule has 0 aliphatic heterocycles. The van der Waals surface area contributed by atoms with Crippen molar-refractivity contribution in [3.05, 3.63) is 86.0 Å². The van der Waals surface area contributed by atoms with Gasteiger partial charge in [-0.05, 0) is 75.7 Å². The highest BCUT2D eigenvalue weighted by atomic mass is 35.5. The van der Waals surface area contributed by atoms with E-state index in [4.69, 9.17) is 11.6 Å². The molecule has 10 heteroatoms. The molecule has 0 atom stereocenters. The molecule has 182 valence electrons. The third-order valence-electron chi connectivity index (χ3n) is 5.50. The van der Waals surface area contributed by atoms with Crippen LogP contribution in [0.5, 0.6) is 0 Å². The molecule has 0 saturated heterocycles. The first-order valence-electron chi connectivity index (χ1n) is 10.8. The van der Waals surface area contributed by atoms with Crippen LogP contribution in [0.1, 0.15) is 41.4 Å². The minimum atomic E-state index is -4.04. The van der Waals surface area contributed by atoms with Gasteiger partial charge in [-0.25, -0.2) is 8.42 Å². The van der Waals surface area contributed by atoms with Crippen LogP contribution < -0.4 is 14.9 Å². The third-order valence-corrected chi connectivity index (χ3v) is 8.26. The van der Waals surface area contributed by atoms with Crippen LogP contribution in [0, 0.1) is 13.8 Å². The number of hydrogen-bond acceptors (Lipinski definition) is 5. The fourth-order valence-corrected chi connectivity index (χ4v) is 6.50. The van der Waals surface area contributed by atoms with Crippen LogP contribution in [0.15, 0.2) is 64.3 Å². The van der Waals surface area contributed by atoms with Gasteiger partial charge < -0.3 is 5.32 Å². The molecule has 3 aromatic carbocycles. The number of aryl methyl sites for hydroxylation is 2. The first kappa shape index (κ1) is 25.0. The highest BCUT2D eigenvalue weighted by molar-refractivity contribution is 7.92. The van der Waals surface area contributed by atoms with E-state index in [0.717, 1.165) is 32.7 Å². The van der Waals surface area contributed by atoms with Gasteiger partial charge in [0, 0.05) is 17.3 Å². The quantitative estimate of drug-likeness (QED) is 0.321. The summed E-state index contributed by atoms with van der Waals surface area (Å²) in [6.07, 6.45) is 0. The number of hydrogen-bond donors (Lipinski definition) is 2. The zero-order chi connectivity index (χ0) is 25.5. The van der Waals surface area contributed by atoms with E-state index in [2.05, 4.69) is 10.0 Å². The van der Waals surface area contributed by atoms with Gasteiger partial charge in [-0.1, -0.05) is 40.6 Å². The maximum absolute atomic E-state index is 13.1. The summed E-state index contributed by atoms with van der Waals surface area (Å²) in [6, 6.07) is 14.7. The number of carbonyl (C=O) groups excluding carboxylic acids is 1. The van der Waals surface area contributed by atoms with Crippen molar-refractivity contribution < 1.29 is 13.2 Å². The smallest absolute Gasteiger partial charge is 0.308 e. The summed E-state index contributed by atoms with van der Waals surface area (Å²) < 4.78 is 31.1. The van der Waals surface area contributed by atoms with Crippen LogP contribution in [0.4, 0.5) is 11.4 Å². The number of benzene rings is 3. The zero-order valence-corrected chi connectivity index (χ0v) is 21.9. The van der Waals surface area contributed by atoms with Crippen molar-refractivity contribution in [3.8, 4) is 0 Å². The number of amides is 1. The van der Waals surface area contributed by atoms with Gasteiger partial charge in [0.15, 0.2) is 0 Å². The Bertz CT molecular complexity index is 1620. The summed E-state index contributed by atoms with van der Waals surface area (Å²) in [5.41, 5.74) is 3.62. The number of thiazole rings is 1. The summed E-state index contributed by atoms with van der Waals surface area (Å²) >= 11 is 7.31. The summed E-state index contributed by atoms with van der Waals surface area (Å²) in [6.45, 7) is 7.59. The Kier molecular flexibility index (Phi) is 6.77. The minimum absolute atomic E-state index is 0.0000322. The van der Waals surface area contributed by atoms with Crippen LogP contribution in [0.2, 0.25) is 5.02 Å². The Hall–Kier alpha value is -3.14. The number of anilines is 2. The predicted octanol–water partition coefficient (Wildman–Crippen LogP) is 5.97. The highest BCUT2D eigenvalue weighted by Gasteiger charge is 2.21. The Morgan fingerprint density at radius 1 is 1.03 bits per heavy atom. The molecule has 0 aliphatic carbocycles. The lowest BCUT2D eigenvalue weighted by atomic mass is 10.1. The number of sulfonamides is 1. The van der Waals surface area contributed by atoms with E-state index < -0.39 is 15.9 Å². The van der Waals surface area contributed by atoms with Gasteiger partial charge in [-0.2, -0.15) is 0 Å². The lowest BCUT2D eigenvalue weighted by Crippen LogP contribution is -2.17. The van der Waals surface area contributed by atoms with Gasteiger partial charge in [-0.3, -0.25) is 18.9 Å². The number of fused-ring (bicyclic) bond motifs is 1. The number of nitrogens with one attached hydrogen (secondary N) is 2. The summed E-state index contributed by atoms with van der Waals surface area (Å²) in [5.74, 6) is -0.500. The van der Waals surface area contributed by atoms with Crippen molar-refractivity contribution in [2.24, 2.45) is 0 Å². The van der Waals surface area contributed by atoms with E-state index in [-0.39, 0.29) is 26.4 Å². The van der Waals surface area contributed by atoms with Gasteiger partial charge in [0.2, 0.25) is 0 Å². The normalized spacial score (nSPS) is 11.7. The van der Waals surface area contributed by atoms with Gasteiger partial charge in [0.05, 0.1) is 20.9 Å². The fraction of sp³-hybridized carbons (Fsp3) is 0.200. The molecule has 0 fully saturated rings. The summed E-state index contributed by atoms with van der Waals surface area (Å²) in [7, 11) is -4.04. The van der Waals surface area contributed by atoms with Crippen molar-refractivity contribution in [1.29, 1.82) is 0 Å². The fourth-order valence-electron chi connectivity index (χ4n) is 3.78. The third kappa shape index (κ3) is 5.12. The van der Waals surface area contributed by atoms with E-state index in [1.165, 1.54) is 18.2 Å². The first-order chi connectivity index (χ1) is 16.5. The second-order valence-corrected chi connectivity index (χ2v) is 11.6. The van der Waals surface area contributed by atoms with Gasteiger partial charge in [-0.15, -0.1) is 0 Å². The Labute approximate surface area is 212 Å². The maximum atomic E-state index is 13.1. The molecule has 0 spiro atoms. The molecule has 0 saturated carbocycles. The lowest BCUT2D eigenvalue weighted by molar-refractivity contribution is 0.102. The van der Waals surface area contributed by atoms with Crippen molar-refractivity contribution >= 4 is 60.5 Å². The zero-order valence-electron chi connectivity index (χ0n) is 19.5. The number of rotatable bonds is 6. The molecular weight excluding hydrogens is 506 g/mol. The Morgan fingerprint density at radius 3 is 2.46 bits per heavy atom. The van der Waals surface area contributed by atoms with Crippen LogP contribution in [-0.2, 0) is 10.0 Å². The first-order valence-corrected chi connectivity index (χ1v) is 13.5. The van der Waals surface area contributed by atoms with E-state index in [0.29, 0.717) is 11.4 Å². The topological polar surface area (TPSA) is 97.3 Å². The molecule has 0 aliphatic rings. The molecule has 4 rings (SSSR count). The molecule has 4 aromatic rings. The summed E-state index contributed by atoms with van der Waals surface area (Å²) in [4.78, 5) is 25.0. The van der Waals surface area contributed by atoms with E-state index in [1.54, 1.807) is 41.8 Å². The SMILES string of the molecule is Cc1ccc(NS(=O)(=O)c2cc(C(=O)Nc3ccc4c(c3)sc(=O)n4C(C)C)ccc2Cl)c(C)c1. The van der Waals surface area contributed by atoms with Gasteiger partial charge in [0.25, 0.3) is 15.9 Å². The largest absolute Gasteiger partial charge is 0.322 e. The van der Waals surface area contributed by atoms with Gasteiger partial charge >= 0.3 is 4.87 Å². The number of halogens is 1. The van der Waals surface area contributed by atoms with Crippen molar-refractivity contribution in [1.82, 2.24) is 4.57 Å². The maximum Gasteiger partial charge on any atom is 0.308 e. The van der Waals surface area contributed by atoms with Crippen LogP contribution in [-0.4, -0.2) is 18.9 Å². The van der Waals surface area contributed by atoms with E-state index in [1.807, 2.05) is 26.8 Å². The highest BCUT2D eigenvalue weighted by Crippen LogP contribution is 2.28. The van der Waals surface area contributed by atoms with Crippen molar-refractivity contribution in [3.63, 3.8) is 0 Å². The second-order valence-electron chi connectivity index (χ2n) is 8.54. The molecule has 1 aromatic heterocycles. The van der Waals surface area contributed by atoms with Crippen LogP contribution in [0.3, 0.4) is 0 Å². The molecule has 7 nitrogen and oxygen atoms in total. The standard InChI is InChI=1S/C25H24ClN3O4S2/c1-14(2)29-21-10-7-18(13-22(21)34-25(29)31)27-24(30)17-6-8-19(26)23(12-17)35(32,33)28-20-9-5-15(3)11-16(20)4/h5-14,28H,1-4H3,(H,27,30). The molecule has 2 N–H and O–H groups in total. The van der Waals surface area contributed by atoms with Gasteiger partial charge in [0.1, 0.15) is 4.90 Å². The van der Waals surface area contributed by atoms with E-state index in [9.17, 15) is 18.0 Å². The molecule has 35 heavy (non-hydrogen) atoms. The molecule has 1 heterocycles. The Morgan fingerprint density at radius 2 is 1.77 bits per heavy atom. The molecule has 0 unspecified atom stereocenters. The Balaban J connectivity index is 1.61. The average Bonchev–Trinajstić information content (AvgIpc) is 3.11. The second kappa shape index (κ2) is 9.49. The van der Waals surface area contributed by atoms with Crippen LogP contribution >= 0.6 is 22.9 Å².